The van der Waals surface area contributed by atoms with Gasteiger partial charge in [-0.15, -0.1) is 10.2 Å². The molecule has 3 heterocycles. The van der Waals surface area contributed by atoms with Crippen LogP contribution in [0.3, 0.4) is 0 Å². The fourth-order valence-corrected chi connectivity index (χ4v) is 3.10. The number of aromatic amines is 2. The van der Waals surface area contributed by atoms with Gasteiger partial charge in [-0.3, -0.25) is 5.10 Å². The first-order chi connectivity index (χ1) is 14.8. The van der Waals surface area contributed by atoms with E-state index in [-0.39, 0.29) is 0 Å². The van der Waals surface area contributed by atoms with Crippen LogP contribution < -0.4 is 5.32 Å². The molecule has 0 aliphatic carbocycles. The van der Waals surface area contributed by atoms with Crippen LogP contribution in [-0.4, -0.2) is 47.0 Å². The van der Waals surface area contributed by atoms with Crippen LogP contribution in [0.1, 0.15) is 5.56 Å². The summed E-state index contributed by atoms with van der Waals surface area (Å²) >= 11 is 6.08. The lowest BCUT2D eigenvalue weighted by molar-refractivity contribution is 0.881. The molecule has 11 heteroatoms. The summed E-state index contributed by atoms with van der Waals surface area (Å²) in [5, 5.41) is 25.7. The van der Waals surface area contributed by atoms with Crippen LogP contribution in [0.15, 0.2) is 59.9 Å². The van der Waals surface area contributed by atoms with Crippen molar-refractivity contribution in [3.05, 3.63) is 65.4 Å². The molecule has 0 amide bonds. The molecule has 5 rings (SSSR count). The van der Waals surface area contributed by atoms with Gasteiger partial charge >= 0.3 is 0 Å². The van der Waals surface area contributed by atoms with E-state index in [0.29, 0.717) is 33.5 Å². The van der Waals surface area contributed by atoms with Gasteiger partial charge in [-0.05, 0) is 35.0 Å². The lowest BCUT2D eigenvalue weighted by Crippen LogP contribution is -1.95. The van der Waals surface area contributed by atoms with E-state index in [9.17, 15) is 0 Å². The summed E-state index contributed by atoms with van der Waals surface area (Å²) in [7, 11) is 0. The van der Waals surface area contributed by atoms with Crippen molar-refractivity contribution in [2.45, 2.75) is 0 Å². The summed E-state index contributed by atoms with van der Waals surface area (Å²) in [5.74, 6) is 1.61. The summed E-state index contributed by atoms with van der Waals surface area (Å²) in [4.78, 5) is 13.1. The minimum absolute atomic E-state index is 0.502. The summed E-state index contributed by atoms with van der Waals surface area (Å²) in [6, 6.07) is 15.0. The molecule has 0 atom stereocenters. The third-order valence-electron chi connectivity index (χ3n) is 4.25. The van der Waals surface area contributed by atoms with Crippen molar-refractivity contribution >= 4 is 46.2 Å². The molecule has 0 spiro atoms. The van der Waals surface area contributed by atoms with Crippen molar-refractivity contribution in [2.24, 2.45) is 4.99 Å². The van der Waals surface area contributed by atoms with E-state index in [1.54, 1.807) is 12.3 Å². The predicted octanol–water partition coefficient (Wildman–Crippen LogP) is 3.68. The van der Waals surface area contributed by atoms with Crippen LogP contribution in [0.2, 0.25) is 5.02 Å². The molecule has 2 aromatic carbocycles. The Morgan fingerprint density at radius 1 is 1.03 bits per heavy atom. The second-order valence-corrected chi connectivity index (χ2v) is 6.68. The van der Waals surface area contributed by atoms with E-state index in [1.807, 2.05) is 42.5 Å². The monoisotopic (exact) mass is 416 g/mol. The average molecular weight is 417 g/mol. The van der Waals surface area contributed by atoms with Crippen molar-refractivity contribution in [1.82, 2.24) is 40.8 Å². The summed E-state index contributed by atoms with van der Waals surface area (Å²) in [6.07, 6.45) is 3.16. The number of benzene rings is 2. The third kappa shape index (κ3) is 3.59. The number of nitrogens with zero attached hydrogens (tertiary/aromatic N) is 7. The maximum Gasteiger partial charge on any atom is 0.204 e. The van der Waals surface area contributed by atoms with Crippen LogP contribution in [0.5, 0.6) is 0 Å². The highest BCUT2D eigenvalue weighted by atomic mass is 35.5. The Kier molecular flexibility index (Phi) is 4.58. The molecule has 5 aromatic rings. The number of aromatic nitrogens is 8. The Hall–Kier alpha value is -4.18. The van der Waals surface area contributed by atoms with Gasteiger partial charge in [0.05, 0.1) is 0 Å². The second-order valence-electron chi connectivity index (χ2n) is 6.25. The zero-order valence-electron chi connectivity index (χ0n) is 15.3. The first-order valence-electron chi connectivity index (χ1n) is 8.86. The van der Waals surface area contributed by atoms with Crippen molar-refractivity contribution in [3.8, 4) is 11.4 Å². The van der Waals surface area contributed by atoms with Crippen LogP contribution in [0.4, 0.5) is 17.3 Å². The number of anilines is 2. The quantitative estimate of drug-likeness (QED) is 0.372. The Balaban J connectivity index is 1.49. The molecular weight excluding hydrogens is 404 g/mol. The number of rotatable bonds is 5. The van der Waals surface area contributed by atoms with Crippen molar-refractivity contribution in [2.75, 3.05) is 5.32 Å². The largest absolute Gasteiger partial charge is 0.339 e. The molecule has 0 radical (unpaired) electrons. The molecular formula is C19H13ClN10. The van der Waals surface area contributed by atoms with Gasteiger partial charge in [-0.1, -0.05) is 35.9 Å². The SMILES string of the molecule is Clc1cccc(Nc2ncnc3n[nH]c(N=Cc4cccc(-c5nn[nH]n5)c4)c23)c1. The zero-order chi connectivity index (χ0) is 20.3. The fourth-order valence-electron chi connectivity index (χ4n) is 2.91. The maximum absolute atomic E-state index is 6.08. The van der Waals surface area contributed by atoms with Gasteiger partial charge in [0.15, 0.2) is 11.5 Å². The molecule has 146 valence electrons. The van der Waals surface area contributed by atoms with Gasteiger partial charge in [0.2, 0.25) is 5.82 Å². The van der Waals surface area contributed by atoms with E-state index >= 15 is 0 Å². The van der Waals surface area contributed by atoms with Crippen LogP contribution in [0, 0.1) is 0 Å². The number of hydrogen-bond acceptors (Lipinski definition) is 8. The lowest BCUT2D eigenvalue weighted by Gasteiger charge is -2.06. The van der Waals surface area contributed by atoms with Crippen molar-refractivity contribution in [3.63, 3.8) is 0 Å². The van der Waals surface area contributed by atoms with Gasteiger partial charge in [-0.25, -0.2) is 15.0 Å². The average Bonchev–Trinajstić information content (AvgIpc) is 3.43. The third-order valence-corrected chi connectivity index (χ3v) is 4.49. The summed E-state index contributed by atoms with van der Waals surface area (Å²) in [6.45, 7) is 0. The molecule has 0 unspecified atom stereocenters. The number of tetrazole rings is 1. The van der Waals surface area contributed by atoms with E-state index in [2.05, 4.69) is 51.1 Å². The highest BCUT2D eigenvalue weighted by Crippen LogP contribution is 2.30. The molecule has 0 saturated heterocycles. The second kappa shape index (κ2) is 7.68. The zero-order valence-corrected chi connectivity index (χ0v) is 16.0. The summed E-state index contributed by atoms with van der Waals surface area (Å²) in [5.41, 5.74) is 2.99. The number of fused-ring (bicyclic) bond motifs is 1. The summed E-state index contributed by atoms with van der Waals surface area (Å²) < 4.78 is 0. The van der Waals surface area contributed by atoms with E-state index in [0.717, 1.165) is 16.8 Å². The topological polar surface area (TPSA) is 133 Å². The van der Waals surface area contributed by atoms with Gasteiger partial charge in [-0.2, -0.15) is 10.3 Å². The van der Waals surface area contributed by atoms with E-state index < -0.39 is 0 Å². The molecule has 3 N–H and O–H groups in total. The number of nitrogens with one attached hydrogen (secondary N) is 3. The Bertz CT molecular complexity index is 1340. The Morgan fingerprint density at radius 2 is 1.97 bits per heavy atom. The van der Waals surface area contributed by atoms with Crippen molar-refractivity contribution in [1.29, 1.82) is 0 Å². The minimum atomic E-state index is 0.502. The van der Waals surface area contributed by atoms with Gasteiger partial charge in [0, 0.05) is 22.5 Å². The Labute approximate surface area is 174 Å². The maximum atomic E-state index is 6.08. The molecule has 0 fully saturated rings. The van der Waals surface area contributed by atoms with Crippen LogP contribution in [0.25, 0.3) is 22.4 Å². The fraction of sp³-hybridized carbons (Fsp3) is 0. The molecule has 0 aliphatic heterocycles. The smallest absolute Gasteiger partial charge is 0.204 e. The van der Waals surface area contributed by atoms with Crippen LogP contribution in [-0.2, 0) is 0 Å². The molecule has 0 aliphatic rings. The highest BCUT2D eigenvalue weighted by Gasteiger charge is 2.12. The molecule has 0 bridgehead atoms. The number of aliphatic imine (C=N–C) groups is 1. The molecule has 30 heavy (non-hydrogen) atoms. The first-order valence-corrected chi connectivity index (χ1v) is 9.24. The predicted molar refractivity (Wildman–Crippen MR) is 113 cm³/mol. The molecule has 3 aromatic heterocycles. The number of halogens is 1. The standard InChI is InChI=1S/C19H13ClN10/c20-13-5-2-6-14(8-13)24-17-15-18(25-26-19(15)23-10-22-17)21-9-11-3-1-4-12(7-11)16-27-29-30-28-16/h1-10H,(H,27,28,29,30)(H2,22,23,24,25,26). The number of H-pyrrole nitrogens is 2. The highest BCUT2D eigenvalue weighted by molar-refractivity contribution is 6.30. The van der Waals surface area contributed by atoms with E-state index in [1.165, 1.54) is 6.33 Å². The van der Waals surface area contributed by atoms with Gasteiger partial charge in [0.25, 0.3) is 0 Å². The molecule has 10 nitrogen and oxygen atoms in total. The molecule has 0 saturated carbocycles. The minimum Gasteiger partial charge on any atom is -0.339 e. The van der Waals surface area contributed by atoms with Crippen LogP contribution >= 0.6 is 11.6 Å². The number of hydrogen-bond donors (Lipinski definition) is 3. The lowest BCUT2D eigenvalue weighted by atomic mass is 10.1. The van der Waals surface area contributed by atoms with E-state index in [4.69, 9.17) is 11.6 Å². The normalized spacial score (nSPS) is 11.4. The first kappa shape index (κ1) is 17.9. The van der Waals surface area contributed by atoms with Gasteiger partial charge < -0.3 is 5.32 Å². The Morgan fingerprint density at radius 3 is 2.83 bits per heavy atom. The van der Waals surface area contributed by atoms with Crippen molar-refractivity contribution < 1.29 is 0 Å². The van der Waals surface area contributed by atoms with Gasteiger partial charge in [0.1, 0.15) is 17.5 Å².